The van der Waals surface area contributed by atoms with Crippen LogP contribution in [-0.2, 0) is 6.42 Å². The molecule has 1 aromatic rings. The Bertz CT molecular complexity index is 323. The third kappa shape index (κ3) is 3.20. The van der Waals surface area contributed by atoms with Crippen molar-refractivity contribution in [3.05, 3.63) is 29.8 Å². The van der Waals surface area contributed by atoms with E-state index in [9.17, 15) is 0 Å². The predicted molar refractivity (Wildman–Crippen MR) is 68.4 cm³/mol. The first kappa shape index (κ1) is 12.4. The Morgan fingerprint density at radius 2 is 2.18 bits per heavy atom. The standard InChI is InChI=1S/C14H21NO2/c1-2-7-15(8-9-16)11-13-10-12-5-3-4-6-14(12)17-13/h3-6,13,16H,2,7-11H2,1H3. The number of rotatable bonds is 6. The summed E-state index contributed by atoms with van der Waals surface area (Å²) in [6.07, 6.45) is 2.34. The summed E-state index contributed by atoms with van der Waals surface area (Å²) in [4.78, 5) is 2.27. The molecule has 0 saturated carbocycles. The lowest BCUT2D eigenvalue weighted by molar-refractivity contribution is 0.129. The molecule has 0 amide bonds. The molecule has 1 aliphatic heterocycles. The molecule has 1 N–H and O–H groups in total. The third-order valence-corrected chi connectivity index (χ3v) is 3.13. The van der Waals surface area contributed by atoms with E-state index in [-0.39, 0.29) is 12.7 Å². The molecule has 0 radical (unpaired) electrons. The zero-order valence-electron chi connectivity index (χ0n) is 10.4. The summed E-state index contributed by atoms with van der Waals surface area (Å²) >= 11 is 0. The van der Waals surface area contributed by atoms with Gasteiger partial charge in [-0.15, -0.1) is 0 Å². The summed E-state index contributed by atoms with van der Waals surface area (Å²) in [6, 6.07) is 8.23. The van der Waals surface area contributed by atoms with Crippen molar-refractivity contribution in [1.29, 1.82) is 0 Å². The minimum absolute atomic E-state index is 0.222. The van der Waals surface area contributed by atoms with Crippen molar-refractivity contribution in [1.82, 2.24) is 4.90 Å². The summed E-state index contributed by atoms with van der Waals surface area (Å²) in [5.41, 5.74) is 1.30. The monoisotopic (exact) mass is 235 g/mol. The summed E-state index contributed by atoms with van der Waals surface area (Å²) in [6.45, 7) is 5.05. The van der Waals surface area contributed by atoms with Crippen LogP contribution in [0.5, 0.6) is 5.75 Å². The Labute approximate surface area is 103 Å². The van der Waals surface area contributed by atoms with Crippen LogP contribution in [-0.4, -0.2) is 42.4 Å². The van der Waals surface area contributed by atoms with Crippen LogP contribution in [0.3, 0.4) is 0 Å². The SMILES string of the molecule is CCCN(CCO)CC1Cc2ccccc2O1. The van der Waals surface area contributed by atoms with Crippen molar-refractivity contribution in [2.24, 2.45) is 0 Å². The predicted octanol–water partition coefficient (Wildman–Crippen LogP) is 1.69. The molecule has 1 unspecified atom stereocenters. The van der Waals surface area contributed by atoms with Crippen LogP contribution in [0.4, 0.5) is 0 Å². The molecule has 1 heterocycles. The summed E-state index contributed by atoms with van der Waals surface area (Å²) in [5.74, 6) is 1.03. The van der Waals surface area contributed by atoms with Gasteiger partial charge in [0.15, 0.2) is 0 Å². The van der Waals surface area contributed by atoms with E-state index in [0.717, 1.165) is 38.2 Å². The van der Waals surface area contributed by atoms with Gasteiger partial charge in [0.25, 0.3) is 0 Å². The average Bonchev–Trinajstić information content (AvgIpc) is 2.71. The van der Waals surface area contributed by atoms with Gasteiger partial charge in [-0.25, -0.2) is 0 Å². The lowest BCUT2D eigenvalue weighted by atomic mass is 10.1. The van der Waals surface area contributed by atoms with Crippen molar-refractivity contribution >= 4 is 0 Å². The van der Waals surface area contributed by atoms with E-state index in [2.05, 4.69) is 24.0 Å². The van der Waals surface area contributed by atoms with Crippen LogP contribution < -0.4 is 4.74 Å². The van der Waals surface area contributed by atoms with Gasteiger partial charge in [0.05, 0.1) is 6.61 Å². The van der Waals surface area contributed by atoms with Crippen LogP contribution in [0.15, 0.2) is 24.3 Å². The molecule has 0 fully saturated rings. The highest BCUT2D eigenvalue weighted by Gasteiger charge is 2.23. The van der Waals surface area contributed by atoms with Gasteiger partial charge in [-0.2, -0.15) is 0 Å². The second-order valence-corrected chi connectivity index (χ2v) is 4.58. The normalized spacial score (nSPS) is 18.2. The van der Waals surface area contributed by atoms with E-state index in [4.69, 9.17) is 9.84 Å². The molecule has 0 spiro atoms. The van der Waals surface area contributed by atoms with E-state index >= 15 is 0 Å². The molecule has 1 atom stereocenters. The molecule has 0 aromatic heterocycles. The Kier molecular flexibility index (Phi) is 4.40. The van der Waals surface area contributed by atoms with Crippen LogP contribution in [0.25, 0.3) is 0 Å². The highest BCUT2D eigenvalue weighted by atomic mass is 16.5. The Balaban J connectivity index is 1.89. The Hall–Kier alpha value is -1.06. The van der Waals surface area contributed by atoms with Crippen LogP contribution in [0.1, 0.15) is 18.9 Å². The molecule has 0 aliphatic carbocycles. The Morgan fingerprint density at radius 3 is 2.88 bits per heavy atom. The number of ether oxygens (including phenoxy) is 1. The fourth-order valence-corrected chi connectivity index (χ4v) is 2.40. The number of para-hydroxylation sites is 1. The topological polar surface area (TPSA) is 32.7 Å². The summed E-state index contributed by atoms with van der Waals surface area (Å²) in [5, 5.41) is 9.03. The molecule has 2 rings (SSSR count). The number of aliphatic hydroxyl groups is 1. The molecule has 0 saturated heterocycles. The van der Waals surface area contributed by atoms with Gasteiger partial charge in [0.1, 0.15) is 11.9 Å². The molecular formula is C14H21NO2. The van der Waals surface area contributed by atoms with E-state index in [1.54, 1.807) is 0 Å². The third-order valence-electron chi connectivity index (χ3n) is 3.13. The molecule has 3 nitrogen and oxygen atoms in total. The highest BCUT2D eigenvalue weighted by Crippen LogP contribution is 2.28. The van der Waals surface area contributed by atoms with Crippen molar-refractivity contribution in [3.63, 3.8) is 0 Å². The number of benzene rings is 1. The van der Waals surface area contributed by atoms with Crippen LogP contribution >= 0.6 is 0 Å². The molecule has 0 bridgehead atoms. The molecular weight excluding hydrogens is 214 g/mol. The second-order valence-electron chi connectivity index (χ2n) is 4.58. The van der Waals surface area contributed by atoms with Gasteiger partial charge >= 0.3 is 0 Å². The van der Waals surface area contributed by atoms with E-state index < -0.39 is 0 Å². The molecule has 3 heteroatoms. The maximum Gasteiger partial charge on any atom is 0.123 e. The fraction of sp³-hybridized carbons (Fsp3) is 0.571. The number of fused-ring (bicyclic) bond motifs is 1. The van der Waals surface area contributed by atoms with Gasteiger partial charge in [0, 0.05) is 19.5 Å². The van der Waals surface area contributed by atoms with Crippen molar-refractivity contribution in [2.75, 3.05) is 26.2 Å². The zero-order valence-corrected chi connectivity index (χ0v) is 10.4. The highest BCUT2D eigenvalue weighted by molar-refractivity contribution is 5.37. The van der Waals surface area contributed by atoms with E-state index in [1.807, 2.05) is 12.1 Å². The number of hydrogen-bond acceptors (Lipinski definition) is 3. The van der Waals surface area contributed by atoms with Crippen molar-refractivity contribution in [3.8, 4) is 5.75 Å². The van der Waals surface area contributed by atoms with Gasteiger partial charge < -0.3 is 9.84 Å². The minimum atomic E-state index is 0.222. The van der Waals surface area contributed by atoms with E-state index in [1.165, 1.54) is 5.56 Å². The van der Waals surface area contributed by atoms with Crippen molar-refractivity contribution in [2.45, 2.75) is 25.9 Å². The molecule has 1 aliphatic rings. The van der Waals surface area contributed by atoms with E-state index in [0.29, 0.717) is 0 Å². The first-order chi connectivity index (χ1) is 8.33. The van der Waals surface area contributed by atoms with Crippen LogP contribution in [0, 0.1) is 0 Å². The summed E-state index contributed by atoms with van der Waals surface area (Å²) in [7, 11) is 0. The first-order valence-electron chi connectivity index (χ1n) is 6.41. The van der Waals surface area contributed by atoms with Gasteiger partial charge in [-0.3, -0.25) is 4.90 Å². The smallest absolute Gasteiger partial charge is 0.123 e. The second kappa shape index (κ2) is 6.03. The van der Waals surface area contributed by atoms with Crippen molar-refractivity contribution < 1.29 is 9.84 Å². The lowest BCUT2D eigenvalue weighted by Crippen LogP contribution is -2.37. The Morgan fingerprint density at radius 1 is 1.35 bits per heavy atom. The lowest BCUT2D eigenvalue weighted by Gasteiger charge is -2.23. The minimum Gasteiger partial charge on any atom is -0.488 e. The van der Waals surface area contributed by atoms with Gasteiger partial charge in [-0.1, -0.05) is 25.1 Å². The van der Waals surface area contributed by atoms with Crippen LogP contribution in [0.2, 0.25) is 0 Å². The van der Waals surface area contributed by atoms with Gasteiger partial charge in [-0.05, 0) is 24.6 Å². The maximum atomic E-state index is 9.03. The molecule has 94 valence electrons. The quantitative estimate of drug-likeness (QED) is 0.814. The summed E-state index contributed by atoms with van der Waals surface area (Å²) < 4.78 is 5.91. The average molecular weight is 235 g/mol. The first-order valence-corrected chi connectivity index (χ1v) is 6.41. The molecule has 17 heavy (non-hydrogen) atoms. The number of hydrogen-bond donors (Lipinski definition) is 1. The molecule has 1 aromatic carbocycles. The number of nitrogens with zero attached hydrogens (tertiary/aromatic N) is 1. The zero-order chi connectivity index (χ0) is 12.1. The fourth-order valence-electron chi connectivity index (χ4n) is 2.40. The maximum absolute atomic E-state index is 9.03. The number of aliphatic hydroxyl groups excluding tert-OH is 1. The largest absolute Gasteiger partial charge is 0.488 e. The van der Waals surface area contributed by atoms with Gasteiger partial charge in [0.2, 0.25) is 0 Å².